The number of rotatable bonds is 2. The van der Waals surface area contributed by atoms with E-state index in [0.717, 1.165) is 11.0 Å². The third-order valence-corrected chi connectivity index (χ3v) is 5.55. The van der Waals surface area contributed by atoms with Crippen LogP contribution in [0.3, 0.4) is 0 Å². The van der Waals surface area contributed by atoms with E-state index in [0.29, 0.717) is 19.7 Å². The monoisotopic (exact) mass is 389 g/mol. The molecule has 1 amide bonds. The molecule has 0 unspecified atom stereocenters. The molecular formula is C21H32BNO5. The molecule has 2 aliphatic heterocycles. The zero-order valence-electron chi connectivity index (χ0n) is 18.1. The number of morpholine rings is 1. The van der Waals surface area contributed by atoms with E-state index in [1.807, 2.05) is 72.7 Å². The molecule has 6 nitrogen and oxygen atoms in total. The molecule has 154 valence electrons. The van der Waals surface area contributed by atoms with E-state index < -0.39 is 5.60 Å². The van der Waals surface area contributed by atoms with Crippen LogP contribution in [-0.4, -0.2) is 54.6 Å². The first-order chi connectivity index (χ1) is 12.9. The lowest BCUT2D eigenvalue weighted by Crippen LogP contribution is -2.44. The molecule has 1 atom stereocenters. The Labute approximate surface area is 168 Å². The molecule has 2 aliphatic rings. The van der Waals surface area contributed by atoms with E-state index in [-0.39, 0.29) is 30.5 Å². The first-order valence-electron chi connectivity index (χ1n) is 9.93. The number of carbonyl (C=O) groups excluding carboxylic acids is 1. The number of nitrogens with zero attached hydrogens (tertiary/aromatic N) is 1. The lowest BCUT2D eigenvalue weighted by molar-refractivity contribution is -0.0432. The summed E-state index contributed by atoms with van der Waals surface area (Å²) < 4.78 is 23.6. The molecule has 0 aromatic heterocycles. The van der Waals surface area contributed by atoms with Crippen molar-refractivity contribution >= 4 is 18.7 Å². The van der Waals surface area contributed by atoms with Gasteiger partial charge in [0.15, 0.2) is 0 Å². The number of benzene rings is 1. The quantitative estimate of drug-likeness (QED) is 0.727. The summed E-state index contributed by atoms with van der Waals surface area (Å²) in [6.07, 6.45) is -0.469. The summed E-state index contributed by atoms with van der Waals surface area (Å²) in [5, 5.41) is 0. The number of amides is 1. The van der Waals surface area contributed by atoms with Crippen molar-refractivity contribution in [2.45, 2.75) is 71.4 Å². The molecule has 2 saturated heterocycles. The molecule has 0 aliphatic carbocycles. The molecule has 1 aromatic carbocycles. The first-order valence-corrected chi connectivity index (χ1v) is 9.93. The van der Waals surface area contributed by atoms with Crippen molar-refractivity contribution in [2.24, 2.45) is 0 Å². The van der Waals surface area contributed by atoms with Crippen LogP contribution in [0.2, 0.25) is 0 Å². The molecule has 1 aromatic rings. The van der Waals surface area contributed by atoms with Crippen LogP contribution in [0.4, 0.5) is 4.79 Å². The first kappa shape index (κ1) is 21.2. The Morgan fingerprint density at radius 1 is 1.11 bits per heavy atom. The third-order valence-electron chi connectivity index (χ3n) is 5.55. The van der Waals surface area contributed by atoms with Crippen LogP contribution in [0.5, 0.6) is 0 Å². The molecule has 7 heteroatoms. The minimum Gasteiger partial charge on any atom is -0.444 e. The second-order valence-electron chi connectivity index (χ2n) is 9.54. The summed E-state index contributed by atoms with van der Waals surface area (Å²) in [6.45, 7) is 15.3. The molecule has 3 rings (SSSR count). The Kier molecular flexibility index (Phi) is 5.56. The van der Waals surface area contributed by atoms with Gasteiger partial charge in [-0.15, -0.1) is 0 Å². The van der Waals surface area contributed by atoms with Crippen LogP contribution < -0.4 is 5.46 Å². The minimum atomic E-state index is -0.505. The number of carbonyl (C=O) groups is 1. The predicted molar refractivity (Wildman–Crippen MR) is 109 cm³/mol. The van der Waals surface area contributed by atoms with Crippen LogP contribution in [0.25, 0.3) is 0 Å². The van der Waals surface area contributed by atoms with Gasteiger partial charge in [0.25, 0.3) is 0 Å². The maximum Gasteiger partial charge on any atom is 0.494 e. The minimum absolute atomic E-state index is 0.173. The molecule has 0 N–H and O–H groups in total. The molecule has 0 spiro atoms. The predicted octanol–water partition coefficient (Wildman–Crippen LogP) is 3.29. The smallest absolute Gasteiger partial charge is 0.444 e. The van der Waals surface area contributed by atoms with E-state index in [1.54, 1.807) is 4.90 Å². The van der Waals surface area contributed by atoms with Gasteiger partial charge < -0.3 is 23.7 Å². The maximum atomic E-state index is 12.4. The highest BCUT2D eigenvalue weighted by molar-refractivity contribution is 6.62. The fourth-order valence-corrected chi connectivity index (χ4v) is 3.19. The molecule has 2 fully saturated rings. The zero-order chi connectivity index (χ0) is 20.7. The molecule has 0 bridgehead atoms. The van der Waals surface area contributed by atoms with Crippen LogP contribution in [0, 0.1) is 0 Å². The summed E-state index contributed by atoms with van der Waals surface area (Å²) in [4.78, 5) is 14.1. The summed E-state index contributed by atoms with van der Waals surface area (Å²) in [7, 11) is -0.385. The lowest BCUT2D eigenvalue weighted by Gasteiger charge is -2.34. The van der Waals surface area contributed by atoms with Crippen LogP contribution in [-0.2, 0) is 18.8 Å². The van der Waals surface area contributed by atoms with Gasteiger partial charge in [0.2, 0.25) is 0 Å². The highest BCUT2D eigenvalue weighted by atomic mass is 16.7. The van der Waals surface area contributed by atoms with Gasteiger partial charge in [0, 0.05) is 6.54 Å². The fourth-order valence-electron chi connectivity index (χ4n) is 3.19. The average molecular weight is 389 g/mol. The molecule has 0 radical (unpaired) electrons. The van der Waals surface area contributed by atoms with Crippen molar-refractivity contribution in [3.63, 3.8) is 0 Å². The standard InChI is InChI=1S/C21H32BNO5/c1-19(2,3)26-18(24)23-12-13-25-17(14-23)15-8-10-16(11-9-15)22-27-20(4,5)21(6,7)28-22/h8-11,17H,12-14H2,1-7H3/t17-/m1/s1. The van der Waals surface area contributed by atoms with Crippen molar-refractivity contribution in [3.05, 3.63) is 29.8 Å². The Hall–Kier alpha value is -1.57. The van der Waals surface area contributed by atoms with Crippen molar-refractivity contribution in [3.8, 4) is 0 Å². The number of hydrogen-bond donors (Lipinski definition) is 0. The van der Waals surface area contributed by atoms with Gasteiger partial charge in [-0.1, -0.05) is 24.3 Å². The van der Waals surface area contributed by atoms with E-state index in [1.165, 1.54) is 0 Å². The van der Waals surface area contributed by atoms with Crippen molar-refractivity contribution in [1.82, 2.24) is 4.90 Å². The maximum absolute atomic E-state index is 12.4. The van der Waals surface area contributed by atoms with E-state index in [2.05, 4.69) is 0 Å². The fraction of sp³-hybridized carbons (Fsp3) is 0.667. The van der Waals surface area contributed by atoms with E-state index in [4.69, 9.17) is 18.8 Å². The van der Waals surface area contributed by atoms with Gasteiger partial charge in [0.05, 0.1) is 24.4 Å². The highest BCUT2D eigenvalue weighted by Gasteiger charge is 2.51. The van der Waals surface area contributed by atoms with Gasteiger partial charge in [-0.05, 0) is 59.5 Å². The van der Waals surface area contributed by atoms with E-state index in [9.17, 15) is 4.79 Å². The number of hydrogen-bond acceptors (Lipinski definition) is 5. The van der Waals surface area contributed by atoms with Gasteiger partial charge in [-0.25, -0.2) is 4.79 Å². The normalized spacial score (nSPS) is 24.3. The van der Waals surface area contributed by atoms with Crippen LogP contribution >= 0.6 is 0 Å². The van der Waals surface area contributed by atoms with Gasteiger partial charge in [0.1, 0.15) is 11.7 Å². The Morgan fingerprint density at radius 3 is 2.21 bits per heavy atom. The molecule has 28 heavy (non-hydrogen) atoms. The van der Waals surface area contributed by atoms with Crippen LogP contribution in [0.1, 0.15) is 60.1 Å². The second kappa shape index (κ2) is 7.36. The van der Waals surface area contributed by atoms with Gasteiger partial charge in [-0.3, -0.25) is 0 Å². The Bertz CT molecular complexity index is 695. The van der Waals surface area contributed by atoms with E-state index >= 15 is 0 Å². The molecule has 2 heterocycles. The Balaban J connectivity index is 1.66. The lowest BCUT2D eigenvalue weighted by atomic mass is 9.78. The molecular weight excluding hydrogens is 357 g/mol. The van der Waals surface area contributed by atoms with Gasteiger partial charge >= 0.3 is 13.2 Å². The zero-order valence-corrected chi connectivity index (χ0v) is 18.1. The van der Waals surface area contributed by atoms with Crippen LogP contribution in [0.15, 0.2) is 24.3 Å². The highest BCUT2D eigenvalue weighted by Crippen LogP contribution is 2.36. The summed E-state index contributed by atoms with van der Waals surface area (Å²) in [5.74, 6) is 0. The topological polar surface area (TPSA) is 57.2 Å². The summed E-state index contributed by atoms with van der Waals surface area (Å²) >= 11 is 0. The second-order valence-corrected chi connectivity index (χ2v) is 9.54. The largest absolute Gasteiger partial charge is 0.494 e. The average Bonchev–Trinajstić information content (AvgIpc) is 2.81. The SMILES string of the molecule is CC(C)(C)OC(=O)N1CCO[C@@H](c2ccc(B3OC(C)(C)C(C)(C)O3)cc2)C1. The third kappa shape index (κ3) is 4.53. The summed E-state index contributed by atoms with van der Waals surface area (Å²) in [6, 6.07) is 8.05. The Morgan fingerprint density at radius 2 is 1.68 bits per heavy atom. The van der Waals surface area contributed by atoms with Crippen molar-refractivity contribution in [2.75, 3.05) is 19.7 Å². The van der Waals surface area contributed by atoms with Crippen molar-refractivity contribution in [1.29, 1.82) is 0 Å². The van der Waals surface area contributed by atoms with Crippen molar-refractivity contribution < 1.29 is 23.6 Å². The number of ether oxygens (including phenoxy) is 2. The summed E-state index contributed by atoms with van der Waals surface area (Å²) in [5.41, 5.74) is 0.763. The van der Waals surface area contributed by atoms with Gasteiger partial charge in [-0.2, -0.15) is 0 Å². The molecule has 0 saturated carbocycles.